The van der Waals surface area contributed by atoms with Gasteiger partial charge in [-0.1, -0.05) is 22.8 Å². The Morgan fingerprint density at radius 1 is 1.37 bits per heavy atom. The molecule has 2 heterocycles. The van der Waals surface area contributed by atoms with Crippen LogP contribution in [-0.2, 0) is 16.1 Å². The molecule has 0 saturated carbocycles. The van der Waals surface area contributed by atoms with Crippen molar-refractivity contribution in [1.82, 2.24) is 14.7 Å². The second kappa shape index (κ2) is 7.58. The first kappa shape index (κ1) is 18.6. The average molecular weight is 391 g/mol. The molecular weight excluding hydrogens is 376 g/mol. The Kier molecular flexibility index (Phi) is 5.22. The largest absolute Gasteiger partial charge is 0.461 e. The highest BCUT2D eigenvalue weighted by molar-refractivity contribution is 6.31. The first-order chi connectivity index (χ1) is 12.9. The summed E-state index contributed by atoms with van der Waals surface area (Å²) in [6.07, 6.45) is 1.15. The number of amides is 1. The van der Waals surface area contributed by atoms with Crippen LogP contribution in [0, 0.1) is 6.92 Å². The van der Waals surface area contributed by atoms with E-state index in [9.17, 15) is 14.4 Å². The first-order valence-corrected chi connectivity index (χ1v) is 8.37. The van der Waals surface area contributed by atoms with Crippen LogP contribution in [0.4, 0.5) is 5.69 Å². The zero-order valence-corrected chi connectivity index (χ0v) is 15.2. The van der Waals surface area contributed by atoms with Gasteiger partial charge < -0.3 is 14.6 Å². The predicted octanol–water partition coefficient (Wildman–Crippen LogP) is 2.16. The molecule has 9 nitrogen and oxygen atoms in total. The van der Waals surface area contributed by atoms with Crippen molar-refractivity contribution in [3.63, 3.8) is 0 Å². The van der Waals surface area contributed by atoms with Crippen molar-refractivity contribution in [3.05, 3.63) is 51.2 Å². The van der Waals surface area contributed by atoms with E-state index in [1.165, 1.54) is 0 Å². The molecule has 27 heavy (non-hydrogen) atoms. The van der Waals surface area contributed by atoms with Gasteiger partial charge in [0.15, 0.2) is 0 Å². The summed E-state index contributed by atoms with van der Waals surface area (Å²) < 4.78 is 10.8. The van der Waals surface area contributed by atoms with E-state index >= 15 is 0 Å². The Morgan fingerprint density at radius 2 is 2.15 bits per heavy atom. The summed E-state index contributed by atoms with van der Waals surface area (Å²) in [7, 11) is 0. The molecule has 0 radical (unpaired) electrons. The number of hydrogen-bond acceptors (Lipinski definition) is 7. The lowest BCUT2D eigenvalue weighted by Gasteiger charge is -2.10. The second-order valence-corrected chi connectivity index (χ2v) is 5.98. The van der Waals surface area contributed by atoms with Crippen LogP contribution in [0.3, 0.4) is 0 Å². The molecule has 0 fully saturated rings. The molecule has 0 atom stereocenters. The lowest BCUT2D eigenvalue weighted by molar-refractivity contribution is -0.116. The fourth-order valence-electron chi connectivity index (χ4n) is 2.42. The van der Waals surface area contributed by atoms with E-state index in [1.54, 1.807) is 32.0 Å². The van der Waals surface area contributed by atoms with Crippen LogP contribution >= 0.6 is 11.6 Å². The van der Waals surface area contributed by atoms with Gasteiger partial charge >= 0.3 is 5.97 Å². The van der Waals surface area contributed by atoms with Crippen LogP contribution < -0.4 is 10.9 Å². The SMILES string of the molecule is CCOC(=O)c1noc2ncn(CC(=O)Nc3cccc(Cl)c3C)c(=O)c12. The van der Waals surface area contributed by atoms with E-state index in [-0.39, 0.29) is 29.9 Å². The molecule has 0 aliphatic rings. The van der Waals surface area contributed by atoms with Crippen molar-refractivity contribution in [3.8, 4) is 0 Å². The third-order valence-electron chi connectivity index (χ3n) is 3.79. The number of anilines is 1. The molecule has 140 valence electrons. The molecular formula is C17H15ClN4O5. The van der Waals surface area contributed by atoms with E-state index < -0.39 is 17.4 Å². The van der Waals surface area contributed by atoms with Gasteiger partial charge in [0.2, 0.25) is 11.6 Å². The summed E-state index contributed by atoms with van der Waals surface area (Å²) in [6.45, 7) is 3.18. The van der Waals surface area contributed by atoms with Gasteiger partial charge in [-0.2, -0.15) is 0 Å². The molecule has 0 spiro atoms. The van der Waals surface area contributed by atoms with E-state index in [0.717, 1.165) is 10.9 Å². The van der Waals surface area contributed by atoms with Gasteiger partial charge in [-0.05, 0) is 31.5 Å². The molecule has 0 bridgehead atoms. The number of esters is 1. The molecule has 0 aliphatic heterocycles. The van der Waals surface area contributed by atoms with Gasteiger partial charge in [0, 0.05) is 10.7 Å². The molecule has 1 amide bonds. The van der Waals surface area contributed by atoms with Crippen molar-refractivity contribution in [2.24, 2.45) is 0 Å². The quantitative estimate of drug-likeness (QED) is 0.663. The molecule has 1 N–H and O–H groups in total. The monoisotopic (exact) mass is 390 g/mol. The molecule has 0 unspecified atom stereocenters. The van der Waals surface area contributed by atoms with Gasteiger partial charge in [0.1, 0.15) is 18.3 Å². The second-order valence-electron chi connectivity index (χ2n) is 5.57. The summed E-state index contributed by atoms with van der Waals surface area (Å²) >= 11 is 6.03. The predicted molar refractivity (Wildman–Crippen MR) is 96.8 cm³/mol. The van der Waals surface area contributed by atoms with Crippen molar-refractivity contribution >= 4 is 40.3 Å². The number of carbonyl (C=O) groups excluding carboxylic acids is 2. The summed E-state index contributed by atoms with van der Waals surface area (Å²) in [5.74, 6) is -1.26. The van der Waals surface area contributed by atoms with E-state index in [4.69, 9.17) is 20.9 Å². The van der Waals surface area contributed by atoms with E-state index in [1.807, 2.05) is 0 Å². The Labute approximate surface area is 157 Å². The van der Waals surface area contributed by atoms with Gasteiger partial charge in [-0.25, -0.2) is 9.78 Å². The first-order valence-electron chi connectivity index (χ1n) is 7.99. The highest BCUT2D eigenvalue weighted by atomic mass is 35.5. The minimum Gasteiger partial charge on any atom is -0.461 e. The summed E-state index contributed by atoms with van der Waals surface area (Å²) in [6, 6.07) is 5.10. The van der Waals surface area contributed by atoms with Gasteiger partial charge in [0.25, 0.3) is 11.3 Å². The zero-order chi connectivity index (χ0) is 19.6. The molecule has 3 rings (SSSR count). The lowest BCUT2D eigenvalue weighted by Crippen LogP contribution is -2.28. The number of nitrogens with zero attached hydrogens (tertiary/aromatic N) is 3. The number of rotatable bonds is 5. The van der Waals surface area contributed by atoms with Crippen LogP contribution in [-0.4, -0.2) is 33.2 Å². The van der Waals surface area contributed by atoms with E-state index in [2.05, 4.69) is 15.5 Å². The molecule has 3 aromatic rings. The van der Waals surface area contributed by atoms with Crippen LogP contribution in [0.15, 0.2) is 33.8 Å². The van der Waals surface area contributed by atoms with Crippen LogP contribution in [0.1, 0.15) is 23.0 Å². The third-order valence-corrected chi connectivity index (χ3v) is 4.20. The highest BCUT2D eigenvalue weighted by Gasteiger charge is 2.22. The fraction of sp³-hybridized carbons (Fsp3) is 0.235. The van der Waals surface area contributed by atoms with Crippen LogP contribution in [0.5, 0.6) is 0 Å². The number of halogens is 1. The fourth-order valence-corrected chi connectivity index (χ4v) is 2.59. The number of hydrogen-bond donors (Lipinski definition) is 1. The van der Waals surface area contributed by atoms with Crippen molar-refractivity contribution in [1.29, 1.82) is 0 Å². The number of nitrogens with one attached hydrogen (secondary N) is 1. The normalized spacial score (nSPS) is 10.8. The topological polar surface area (TPSA) is 116 Å². The number of fused-ring (bicyclic) bond motifs is 1. The Hall–Kier alpha value is -3.20. The Bertz CT molecular complexity index is 1090. The van der Waals surface area contributed by atoms with Crippen molar-refractivity contribution in [2.75, 3.05) is 11.9 Å². The summed E-state index contributed by atoms with van der Waals surface area (Å²) in [5.41, 5.74) is 0.223. The van der Waals surface area contributed by atoms with Gasteiger partial charge in [-0.3, -0.25) is 14.2 Å². The third kappa shape index (κ3) is 3.68. The molecule has 10 heteroatoms. The van der Waals surface area contributed by atoms with Crippen molar-refractivity contribution in [2.45, 2.75) is 20.4 Å². The number of carbonyl (C=O) groups is 2. The number of benzene rings is 1. The Balaban J connectivity index is 1.89. The maximum absolute atomic E-state index is 12.6. The van der Waals surface area contributed by atoms with E-state index in [0.29, 0.717) is 16.3 Å². The standard InChI is InChI=1S/C17H15ClN4O5/c1-3-26-17(25)14-13-15(27-21-14)19-8-22(16(13)24)7-12(23)20-11-6-4-5-10(18)9(11)2/h4-6,8H,3,7H2,1-2H3,(H,20,23). The molecule has 0 saturated heterocycles. The smallest absolute Gasteiger partial charge is 0.361 e. The molecule has 2 aromatic heterocycles. The number of aromatic nitrogens is 3. The zero-order valence-electron chi connectivity index (χ0n) is 14.5. The average Bonchev–Trinajstić information content (AvgIpc) is 3.06. The summed E-state index contributed by atoms with van der Waals surface area (Å²) in [4.78, 5) is 40.8. The number of ether oxygens (including phenoxy) is 1. The highest BCUT2D eigenvalue weighted by Crippen LogP contribution is 2.22. The summed E-state index contributed by atoms with van der Waals surface area (Å²) in [5, 5.41) is 6.60. The van der Waals surface area contributed by atoms with Crippen LogP contribution in [0.2, 0.25) is 5.02 Å². The minimum absolute atomic E-state index is 0.106. The van der Waals surface area contributed by atoms with Crippen LogP contribution in [0.25, 0.3) is 11.1 Å². The van der Waals surface area contributed by atoms with Crippen molar-refractivity contribution < 1.29 is 18.8 Å². The van der Waals surface area contributed by atoms with Gasteiger partial charge in [-0.15, -0.1) is 0 Å². The van der Waals surface area contributed by atoms with Gasteiger partial charge in [0.05, 0.1) is 6.61 Å². The molecule has 0 aliphatic carbocycles. The minimum atomic E-state index is -0.799. The molecule has 1 aromatic carbocycles. The maximum Gasteiger partial charge on any atom is 0.361 e. The lowest BCUT2D eigenvalue weighted by atomic mass is 10.2. The Morgan fingerprint density at radius 3 is 2.89 bits per heavy atom. The maximum atomic E-state index is 12.6.